The summed E-state index contributed by atoms with van der Waals surface area (Å²) in [7, 11) is 0. The zero-order chi connectivity index (χ0) is 24.9. The van der Waals surface area contributed by atoms with Gasteiger partial charge in [0.2, 0.25) is 5.91 Å². The number of hydrogen-bond donors (Lipinski definition) is 1. The smallest absolute Gasteiger partial charge is 0.293 e. The lowest BCUT2D eigenvalue weighted by Gasteiger charge is -2.35. The van der Waals surface area contributed by atoms with Crippen LogP contribution in [0.5, 0.6) is 0 Å². The van der Waals surface area contributed by atoms with E-state index in [0.29, 0.717) is 56.2 Å². The molecule has 2 aliphatic rings. The normalized spacial score (nSPS) is 16.1. The van der Waals surface area contributed by atoms with Gasteiger partial charge in [-0.05, 0) is 43.5 Å². The molecule has 0 unspecified atom stereocenters. The summed E-state index contributed by atoms with van der Waals surface area (Å²) in [6.07, 6.45) is 3.02. The molecular weight excluding hydrogens is 450 g/mol. The SMILES string of the molecule is CC(=O)N1CCN(c2ccc(C(=O)Nc3ccccc3C(=O)N3CCCCC3)cc2[N+](=O)[O-])CC1. The van der Waals surface area contributed by atoms with E-state index in [2.05, 4.69) is 5.32 Å². The Morgan fingerprint density at radius 1 is 0.886 bits per heavy atom. The van der Waals surface area contributed by atoms with E-state index in [-0.39, 0.29) is 23.1 Å². The number of carbonyl (C=O) groups excluding carboxylic acids is 3. The number of carbonyl (C=O) groups is 3. The molecule has 2 aromatic rings. The van der Waals surface area contributed by atoms with Crippen molar-refractivity contribution in [3.8, 4) is 0 Å². The van der Waals surface area contributed by atoms with Crippen LogP contribution >= 0.6 is 0 Å². The Morgan fingerprint density at radius 3 is 2.23 bits per heavy atom. The Balaban J connectivity index is 1.53. The Labute approximate surface area is 203 Å². The molecule has 0 saturated carbocycles. The number of piperazine rings is 1. The zero-order valence-electron chi connectivity index (χ0n) is 19.7. The van der Waals surface area contributed by atoms with Gasteiger partial charge >= 0.3 is 0 Å². The highest BCUT2D eigenvalue weighted by Crippen LogP contribution is 2.31. The van der Waals surface area contributed by atoms with E-state index >= 15 is 0 Å². The Bertz CT molecular complexity index is 1140. The Kier molecular flexibility index (Phi) is 7.28. The standard InChI is InChI=1S/C25H29N5O5/c1-18(31)27-13-15-28(16-14-27)22-10-9-19(17-23(22)30(34)35)24(32)26-21-8-4-3-7-20(21)25(33)29-11-5-2-6-12-29/h3-4,7-10,17H,2,5-6,11-16H2,1H3,(H,26,32). The molecule has 0 radical (unpaired) electrons. The predicted octanol–water partition coefficient (Wildman–Crippen LogP) is 3.14. The van der Waals surface area contributed by atoms with Gasteiger partial charge in [-0.15, -0.1) is 0 Å². The number of amides is 3. The van der Waals surface area contributed by atoms with Crippen molar-refractivity contribution in [2.24, 2.45) is 0 Å². The summed E-state index contributed by atoms with van der Waals surface area (Å²) in [5.74, 6) is -0.684. The third kappa shape index (κ3) is 5.42. The Hall–Kier alpha value is -3.95. The van der Waals surface area contributed by atoms with Crippen LogP contribution in [0.15, 0.2) is 42.5 Å². The summed E-state index contributed by atoms with van der Waals surface area (Å²) in [6, 6.07) is 11.2. The van der Waals surface area contributed by atoms with Crippen LogP contribution in [-0.2, 0) is 4.79 Å². The molecule has 0 spiro atoms. The number of hydrogen-bond acceptors (Lipinski definition) is 6. The second kappa shape index (κ2) is 10.5. The van der Waals surface area contributed by atoms with Gasteiger partial charge in [0.25, 0.3) is 17.5 Å². The van der Waals surface area contributed by atoms with E-state index < -0.39 is 10.8 Å². The van der Waals surface area contributed by atoms with Crippen LogP contribution in [0.2, 0.25) is 0 Å². The van der Waals surface area contributed by atoms with E-state index in [1.807, 2.05) is 4.90 Å². The van der Waals surface area contributed by atoms with Crippen LogP contribution in [0.3, 0.4) is 0 Å². The van der Waals surface area contributed by atoms with Gasteiger partial charge in [0, 0.05) is 57.8 Å². The topological polar surface area (TPSA) is 116 Å². The summed E-state index contributed by atoms with van der Waals surface area (Å²) in [5, 5.41) is 14.6. The molecular formula is C25H29N5O5. The van der Waals surface area contributed by atoms with E-state index in [0.717, 1.165) is 19.3 Å². The van der Waals surface area contributed by atoms with Gasteiger partial charge in [0.05, 0.1) is 16.2 Å². The van der Waals surface area contributed by atoms with Gasteiger partial charge in [0.1, 0.15) is 5.69 Å². The van der Waals surface area contributed by atoms with Crippen LogP contribution < -0.4 is 10.2 Å². The molecule has 2 saturated heterocycles. The van der Waals surface area contributed by atoms with Crippen molar-refractivity contribution in [3.05, 3.63) is 63.7 Å². The monoisotopic (exact) mass is 479 g/mol. The number of rotatable bonds is 5. The number of benzene rings is 2. The molecule has 0 atom stereocenters. The minimum absolute atomic E-state index is 0.0229. The van der Waals surface area contributed by atoms with Crippen molar-refractivity contribution < 1.29 is 19.3 Å². The largest absolute Gasteiger partial charge is 0.362 e. The van der Waals surface area contributed by atoms with Crippen LogP contribution in [0.25, 0.3) is 0 Å². The van der Waals surface area contributed by atoms with Crippen molar-refractivity contribution in [1.82, 2.24) is 9.80 Å². The molecule has 2 fully saturated rings. The lowest BCUT2D eigenvalue weighted by Crippen LogP contribution is -2.48. The van der Waals surface area contributed by atoms with Crippen molar-refractivity contribution in [1.29, 1.82) is 0 Å². The first kappa shape index (κ1) is 24.2. The van der Waals surface area contributed by atoms with Crippen LogP contribution in [0.1, 0.15) is 46.9 Å². The second-order valence-electron chi connectivity index (χ2n) is 8.81. The maximum atomic E-state index is 13.0. The van der Waals surface area contributed by atoms with E-state index in [1.165, 1.54) is 13.0 Å². The highest BCUT2D eigenvalue weighted by molar-refractivity contribution is 6.09. The fraction of sp³-hybridized carbons (Fsp3) is 0.400. The zero-order valence-corrected chi connectivity index (χ0v) is 19.7. The van der Waals surface area contributed by atoms with Gasteiger partial charge in [0.15, 0.2) is 0 Å². The molecule has 10 nitrogen and oxygen atoms in total. The molecule has 2 aromatic carbocycles. The van der Waals surface area contributed by atoms with Crippen molar-refractivity contribution in [2.45, 2.75) is 26.2 Å². The summed E-state index contributed by atoms with van der Waals surface area (Å²) in [6.45, 7) is 4.79. The molecule has 4 rings (SSSR count). The van der Waals surface area contributed by atoms with E-state index in [1.54, 1.807) is 46.2 Å². The minimum Gasteiger partial charge on any atom is -0.362 e. The highest BCUT2D eigenvalue weighted by atomic mass is 16.6. The number of nitrogens with zero attached hydrogens (tertiary/aromatic N) is 4. The summed E-state index contributed by atoms with van der Waals surface area (Å²) in [5.41, 5.74) is 1.14. The third-order valence-corrected chi connectivity index (χ3v) is 6.55. The molecule has 3 amide bonds. The summed E-state index contributed by atoms with van der Waals surface area (Å²) in [4.78, 5) is 54.3. The van der Waals surface area contributed by atoms with Gasteiger partial charge in [-0.3, -0.25) is 24.5 Å². The number of likely N-dealkylation sites (tertiary alicyclic amines) is 1. The van der Waals surface area contributed by atoms with E-state index in [4.69, 9.17) is 0 Å². The molecule has 2 heterocycles. The predicted molar refractivity (Wildman–Crippen MR) is 132 cm³/mol. The minimum atomic E-state index is -0.528. The molecule has 35 heavy (non-hydrogen) atoms. The first-order chi connectivity index (χ1) is 16.8. The fourth-order valence-electron chi connectivity index (χ4n) is 4.58. The molecule has 2 aliphatic heterocycles. The summed E-state index contributed by atoms with van der Waals surface area (Å²) >= 11 is 0. The average Bonchev–Trinajstić information content (AvgIpc) is 2.88. The lowest BCUT2D eigenvalue weighted by atomic mass is 10.1. The number of nitro benzene ring substituents is 1. The van der Waals surface area contributed by atoms with Gasteiger partial charge in [-0.2, -0.15) is 0 Å². The van der Waals surface area contributed by atoms with Crippen molar-refractivity contribution in [2.75, 3.05) is 49.5 Å². The molecule has 0 aliphatic carbocycles. The number of nitro groups is 1. The number of anilines is 2. The first-order valence-corrected chi connectivity index (χ1v) is 11.8. The molecule has 184 valence electrons. The maximum Gasteiger partial charge on any atom is 0.293 e. The number of nitrogens with one attached hydrogen (secondary N) is 1. The maximum absolute atomic E-state index is 13.0. The van der Waals surface area contributed by atoms with Crippen molar-refractivity contribution in [3.63, 3.8) is 0 Å². The molecule has 10 heteroatoms. The number of piperidine rings is 1. The first-order valence-electron chi connectivity index (χ1n) is 11.8. The highest BCUT2D eigenvalue weighted by Gasteiger charge is 2.27. The van der Waals surface area contributed by atoms with Crippen LogP contribution in [-0.4, -0.2) is 71.7 Å². The Morgan fingerprint density at radius 2 is 1.57 bits per heavy atom. The fourth-order valence-corrected chi connectivity index (χ4v) is 4.58. The second-order valence-corrected chi connectivity index (χ2v) is 8.81. The number of para-hydroxylation sites is 1. The molecule has 1 N–H and O–H groups in total. The average molecular weight is 480 g/mol. The molecule has 0 bridgehead atoms. The third-order valence-electron chi connectivity index (χ3n) is 6.55. The van der Waals surface area contributed by atoms with Gasteiger partial charge < -0.3 is 20.0 Å². The molecule has 0 aromatic heterocycles. The van der Waals surface area contributed by atoms with Gasteiger partial charge in [-0.1, -0.05) is 12.1 Å². The van der Waals surface area contributed by atoms with E-state index in [9.17, 15) is 24.5 Å². The van der Waals surface area contributed by atoms with Crippen LogP contribution in [0.4, 0.5) is 17.1 Å². The van der Waals surface area contributed by atoms with Crippen molar-refractivity contribution >= 4 is 34.8 Å². The lowest BCUT2D eigenvalue weighted by molar-refractivity contribution is -0.384. The van der Waals surface area contributed by atoms with Crippen LogP contribution in [0, 0.1) is 10.1 Å². The van der Waals surface area contributed by atoms with Gasteiger partial charge in [-0.25, -0.2) is 0 Å². The summed E-state index contributed by atoms with van der Waals surface area (Å²) < 4.78 is 0. The quantitative estimate of drug-likeness (QED) is 0.520.